The highest BCUT2D eigenvalue weighted by atomic mass is 19.1. The van der Waals surface area contributed by atoms with Gasteiger partial charge in [0.15, 0.2) is 0 Å². The number of aromatic nitrogens is 3. The molecule has 0 N–H and O–H groups in total. The fraction of sp³-hybridized carbons (Fsp3) is 0.405. The van der Waals surface area contributed by atoms with Crippen molar-refractivity contribution in [2.45, 2.75) is 59.4 Å². The van der Waals surface area contributed by atoms with Crippen LogP contribution in [0, 0.1) is 12.9 Å². The van der Waals surface area contributed by atoms with Gasteiger partial charge < -0.3 is 24.0 Å². The number of pyridine rings is 1. The second-order valence-electron chi connectivity index (χ2n) is 13.0. The first-order chi connectivity index (χ1) is 22.9. The monoisotopic (exact) mass is 656 g/mol. The van der Waals surface area contributed by atoms with E-state index in [-0.39, 0.29) is 12.1 Å². The van der Waals surface area contributed by atoms with Gasteiger partial charge in [0.25, 0.3) is 0 Å². The third-order valence-corrected chi connectivity index (χ3v) is 8.35. The summed E-state index contributed by atoms with van der Waals surface area (Å²) in [7, 11) is 3.29. The molecular weight excluding hydrogens is 611 g/mol. The summed E-state index contributed by atoms with van der Waals surface area (Å²) in [5.41, 5.74) is 3.23. The van der Waals surface area contributed by atoms with E-state index in [1.807, 2.05) is 88.4 Å². The maximum Gasteiger partial charge on any atom is 0.410 e. The van der Waals surface area contributed by atoms with Crippen molar-refractivity contribution in [1.82, 2.24) is 24.8 Å². The highest BCUT2D eigenvalue weighted by Gasteiger charge is 2.28. The molecule has 0 unspecified atom stereocenters. The first kappa shape index (κ1) is 34.6. The van der Waals surface area contributed by atoms with Gasteiger partial charge in [-0.2, -0.15) is 4.39 Å². The molecule has 254 valence electrons. The minimum Gasteiger partial charge on any atom is -0.497 e. The van der Waals surface area contributed by atoms with E-state index in [1.165, 1.54) is 0 Å². The van der Waals surface area contributed by atoms with Crippen molar-refractivity contribution in [1.29, 1.82) is 0 Å². The molecule has 1 atom stereocenters. The summed E-state index contributed by atoms with van der Waals surface area (Å²) in [5.74, 6) is 2.15. The Morgan fingerprint density at radius 2 is 1.46 bits per heavy atom. The maximum absolute atomic E-state index is 15.5. The van der Waals surface area contributed by atoms with Crippen LogP contribution in [0.25, 0.3) is 11.3 Å². The first-order valence-electron chi connectivity index (χ1n) is 16.2. The summed E-state index contributed by atoms with van der Waals surface area (Å²) in [4.78, 5) is 32.3. The molecule has 1 fully saturated rings. The molecular formula is C37H45FN6O4. The van der Waals surface area contributed by atoms with Gasteiger partial charge in [0.05, 0.1) is 25.5 Å². The molecule has 48 heavy (non-hydrogen) atoms. The lowest BCUT2D eigenvalue weighted by molar-refractivity contribution is 0.0110. The molecule has 0 aliphatic carbocycles. The van der Waals surface area contributed by atoms with Crippen LogP contribution in [0.1, 0.15) is 56.3 Å². The molecule has 0 spiro atoms. The van der Waals surface area contributed by atoms with Crippen molar-refractivity contribution >= 4 is 11.9 Å². The number of hydrogen-bond donors (Lipinski definition) is 0. The van der Waals surface area contributed by atoms with Crippen LogP contribution in [0.4, 0.5) is 15.0 Å². The molecule has 0 bridgehead atoms. The Morgan fingerprint density at radius 3 is 1.98 bits per heavy atom. The predicted molar refractivity (Wildman–Crippen MR) is 184 cm³/mol. The fourth-order valence-corrected chi connectivity index (χ4v) is 5.67. The molecule has 1 aliphatic heterocycles. The van der Waals surface area contributed by atoms with Gasteiger partial charge in [0.2, 0.25) is 5.95 Å². The number of halogens is 1. The van der Waals surface area contributed by atoms with Gasteiger partial charge >= 0.3 is 6.09 Å². The zero-order valence-corrected chi connectivity index (χ0v) is 28.9. The summed E-state index contributed by atoms with van der Waals surface area (Å²) in [6.45, 7) is 13.0. The van der Waals surface area contributed by atoms with Crippen LogP contribution in [0.2, 0.25) is 0 Å². The van der Waals surface area contributed by atoms with E-state index in [0.29, 0.717) is 62.2 Å². The average Bonchev–Trinajstić information content (AvgIpc) is 3.07. The number of hydrogen-bond acceptors (Lipinski definition) is 9. The number of methoxy groups -OCH3 is 2. The number of aryl methyl sites for hydroxylation is 1. The lowest BCUT2D eigenvalue weighted by Gasteiger charge is -2.38. The number of anilines is 1. The topological polar surface area (TPSA) is 93.2 Å². The summed E-state index contributed by atoms with van der Waals surface area (Å²) >= 11 is 0. The maximum atomic E-state index is 15.5. The molecule has 4 aromatic rings. The molecule has 0 saturated carbocycles. The van der Waals surface area contributed by atoms with Crippen LogP contribution in [0.3, 0.4) is 0 Å². The van der Waals surface area contributed by atoms with Crippen molar-refractivity contribution < 1.29 is 23.4 Å². The number of rotatable bonds is 10. The molecule has 1 amide bonds. The van der Waals surface area contributed by atoms with Gasteiger partial charge in [-0.25, -0.2) is 19.7 Å². The smallest absolute Gasteiger partial charge is 0.410 e. The predicted octanol–water partition coefficient (Wildman–Crippen LogP) is 6.82. The molecule has 3 heterocycles. The van der Waals surface area contributed by atoms with Crippen molar-refractivity contribution in [3.63, 3.8) is 0 Å². The van der Waals surface area contributed by atoms with Crippen LogP contribution in [-0.4, -0.2) is 76.8 Å². The van der Waals surface area contributed by atoms with E-state index in [0.717, 1.165) is 28.2 Å². The SMILES string of the molecule is COc1ccc(CN(Cc2ccc(OC)cc2)c2cc(-c3cc([C@@H](C)N4CCN(C(=O)OC(C)(C)C)CC4)cnc3F)nc(C)n2)cc1. The number of piperazine rings is 1. The Hall–Kier alpha value is -4.77. The molecule has 2 aromatic carbocycles. The van der Waals surface area contributed by atoms with E-state index in [4.69, 9.17) is 19.2 Å². The minimum atomic E-state index is -0.596. The number of carbonyl (C=O) groups is 1. The van der Waals surface area contributed by atoms with Crippen LogP contribution in [0.15, 0.2) is 66.9 Å². The number of nitrogens with zero attached hydrogens (tertiary/aromatic N) is 6. The lowest BCUT2D eigenvalue weighted by Crippen LogP contribution is -2.50. The Balaban J connectivity index is 1.40. The van der Waals surface area contributed by atoms with Crippen LogP contribution < -0.4 is 14.4 Å². The molecule has 0 radical (unpaired) electrons. The summed E-state index contributed by atoms with van der Waals surface area (Å²) in [5, 5.41) is 0. The van der Waals surface area contributed by atoms with E-state index >= 15 is 4.39 Å². The van der Waals surface area contributed by atoms with E-state index < -0.39 is 11.5 Å². The first-order valence-corrected chi connectivity index (χ1v) is 16.2. The number of benzene rings is 2. The van der Waals surface area contributed by atoms with Gasteiger partial charge in [0.1, 0.15) is 28.7 Å². The van der Waals surface area contributed by atoms with Gasteiger partial charge in [-0.3, -0.25) is 4.90 Å². The Labute approximate surface area is 282 Å². The molecule has 1 saturated heterocycles. The van der Waals surface area contributed by atoms with Crippen molar-refractivity contribution in [3.8, 4) is 22.8 Å². The van der Waals surface area contributed by atoms with E-state index in [2.05, 4.69) is 26.7 Å². The van der Waals surface area contributed by atoms with E-state index in [1.54, 1.807) is 25.3 Å². The third-order valence-electron chi connectivity index (χ3n) is 8.35. The summed E-state index contributed by atoms with van der Waals surface area (Å²) < 4.78 is 31.7. The normalized spacial score (nSPS) is 14.4. The Kier molecular flexibility index (Phi) is 10.8. The molecule has 5 rings (SSSR count). The highest BCUT2D eigenvalue weighted by Crippen LogP contribution is 2.30. The van der Waals surface area contributed by atoms with Crippen LogP contribution >= 0.6 is 0 Å². The van der Waals surface area contributed by atoms with Crippen molar-refractivity contribution in [2.75, 3.05) is 45.3 Å². The molecule has 10 nitrogen and oxygen atoms in total. The largest absolute Gasteiger partial charge is 0.497 e. The lowest BCUT2D eigenvalue weighted by atomic mass is 10.0. The van der Waals surface area contributed by atoms with Gasteiger partial charge in [-0.05, 0) is 81.6 Å². The second-order valence-corrected chi connectivity index (χ2v) is 13.0. The zero-order chi connectivity index (χ0) is 34.4. The van der Waals surface area contributed by atoms with Crippen molar-refractivity contribution in [2.24, 2.45) is 0 Å². The molecule has 11 heteroatoms. The highest BCUT2D eigenvalue weighted by molar-refractivity contribution is 5.68. The molecule has 1 aliphatic rings. The van der Waals surface area contributed by atoms with Crippen LogP contribution in [0.5, 0.6) is 11.5 Å². The minimum absolute atomic E-state index is 0.0540. The molecule has 2 aromatic heterocycles. The number of ether oxygens (including phenoxy) is 3. The standard InChI is InChI=1S/C37H45FN6O4/c1-25(42-16-18-43(19-17-42)36(45)48-37(3,4)5)29-20-32(35(38)39-22-29)33-21-34(41-26(2)40-33)44(23-27-8-12-30(46-6)13-9-27)24-28-10-14-31(47-7)15-11-28/h8-15,20-22,25H,16-19,23-24H2,1-7H3/t25-/m1/s1. The van der Waals surface area contributed by atoms with Gasteiger partial charge in [0, 0.05) is 57.6 Å². The zero-order valence-electron chi connectivity index (χ0n) is 28.9. The van der Waals surface area contributed by atoms with Crippen molar-refractivity contribution in [3.05, 3.63) is 95.3 Å². The summed E-state index contributed by atoms with van der Waals surface area (Å²) in [6.07, 6.45) is 1.28. The Morgan fingerprint density at radius 1 is 0.896 bits per heavy atom. The van der Waals surface area contributed by atoms with E-state index in [9.17, 15) is 4.79 Å². The third kappa shape index (κ3) is 8.77. The summed E-state index contributed by atoms with van der Waals surface area (Å²) in [6, 6.07) is 19.4. The number of carbonyl (C=O) groups excluding carboxylic acids is 1. The second kappa shape index (κ2) is 15.0. The fourth-order valence-electron chi connectivity index (χ4n) is 5.67. The quantitative estimate of drug-likeness (QED) is 0.171. The average molecular weight is 657 g/mol. The van der Waals surface area contributed by atoms with Gasteiger partial charge in [-0.15, -0.1) is 0 Å². The Bertz CT molecular complexity index is 1640. The van der Waals surface area contributed by atoms with Gasteiger partial charge in [-0.1, -0.05) is 24.3 Å². The van der Waals surface area contributed by atoms with Crippen LogP contribution in [-0.2, 0) is 17.8 Å². The number of amides is 1.